The number of alkyl halides is 2. The maximum absolute atomic E-state index is 13.4. The number of hydrogen-bond acceptors (Lipinski definition) is 4. The van der Waals surface area contributed by atoms with Crippen LogP contribution in [0.5, 0.6) is 0 Å². The number of hydrogen-bond donors (Lipinski definition) is 1. The zero-order chi connectivity index (χ0) is 23.0. The van der Waals surface area contributed by atoms with E-state index in [1.165, 1.54) is 18.5 Å². The van der Waals surface area contributed by atoms with Gasteiger partial charge in [-0.25, -0.2) is 9.67 Å². The summed E-state index contributed by atoms with van der Waals surface area (Å²) in [5.41, 5.74) is 3.45. The first-order valence-electron chi connectivity index (χ1n) is 9.86. The lowest BCUT2D eigenvalue weighted by molar-refractivity contribution is 0.0127. The summed E-state index contributed by atoms with van der Waals surface area (Å²) >= 11 is 6.57. The average Bonchev–Trinajstić information content (AvgIpc) is 3.05. The molecule has 3 aromatic heterocycles. The monoisotopic (exact) mass is 455 g/mol. The molecule has 32 heavy (non-hydrogen) atoms. The van der Waals surface area contributed by atoms with Gasteiger partial charge in [0.2, 0.25) is 0 Å². The summed E-state index contributed by atoms with van der Waals surface area (Å²) in [5, 5.41) is 8.10. The Kier molecular flexibility index (Phi) is 5.64. The van der Waals surface area contributed by atoms with Crippen LogP contribution in [0.15, 0.2) is 48.8 Å². The highest BCUT2D eigenvalue weighted by Crippen LogP contribution is 2.30. The molecule has 0 saturated carbocycles. The highest BCUT2D eigenvalue weighted by molar-refractivity contribution is 6.39. The quantitative estimate of drug-likeness (QED) is 0.430. The third kappa shape index (κ3) is 4.31. The van der Waals surface area contributed by atoms with Crippen molar-refractivity contribution in [2.75, 3.05) is 5.32 Å². The van der Waals surface area contributed by atoms with Crippen LogP contribution in [0.25, 0.3) is 11.0 Å². The van der Waals surface area contributed by atoms with Gasteiger partial charge < -0.3 is 5.32 Å². The van der Waals surface area contributed by atoms with Crippen molar-refractivity contribution in [3.05, 3.63) is 81.9 Å². The summed E-state index contributed by atoms with van der Waals surface area (Å²) in [6.45, 7) is 4.81. The number of nitrogens with zero attached hydrogens (tertiary/aromatic N) is 4. The molecule has 0 radical (unpaired) electrons. The Balaban J connectivity index is 1.62. The van der Waals surface area contributed by atoms with E-state index in [0.29, 0.717) is 28.0 Å². The zero-order valence-electron chi connectivity index (χ0n) is 17.7. The first-order chi connectivity index (χ1) is 15.1. The van der Waals surface area contributed by atoms with Crippen molar-refractivity contribution in [1.82, 2.24) is 19.7 Å². The van der Waals surface area contributed by atoms with Crippen LogP contribution in [0.3, 0.4) is 0 Å². The molecular weight excluding hydrogens is 436 g/mol. The molecular formula is C23H20ClF2N5O. The second-order valence-electron chi connectivity index (χ2n) is 7.69. The largest absolute Gasteiger partial charge is 0.322 e. The van der Waals surface area contributed by atoms with Crippen molar-refractivity contribution in [1.29, 1.82) is 0 Å². The van der Waals surface area contributed by atoms with Gasteiger partial charge in [0.05, 0.1) is 28.2 Å². The number of pyridine rings is 2. The highest BCUT2D eigenvalue weighted by Gasteiger charge is 2.26. The predicted octanol–water partition coefficient (Wildman–Crippen LogP) is 5.51. The Morgan fingerprint density at radius 2 is 1.81 bits per heavy atom. The van der Waals surface area contributed by atoms with Crippen LogP contribution in [-0.4, -0.2) is 25.7 Å². The molecule has 1 N–H and O–H groups in total. The van der Waals surface area contributed by atoms with Gasteiger partial charge in [0, 0.05) is 25.0 Å². The first-order valence-corrected chi connectivity index (χ1v) is 10.2. The van der Waals surface area contributed by atoms with Crippen molar-refractivity contribution in [3.63, 3.8) is 0 Å². The Bertz CT molecular complexity index is 1300. The molecule has 9 heteroatoms. The number of fused-ring (bicyclic) bond motifs is 1. The molecule has 1 aromatic carbocycles. The van der Waals surface area contributed by atoms with Crippen LogP contribution in [0.2, 0.25) is 5.02 Å². The summed E-state index contributed by atoms with van der Waals surface area (Å²) < 4.78 is 28.4. The number of amides is 1. The fourth-order valence-corrected chi connectivity index (χ4v) is 3.68. The molecule has 0 bridgehead atoms. The van der Waals surface area contributed by atoms with E-state index in [9.17, 15) is 13.6 Å². The van der Waals surface area contributed by atoms with E-state index in [1.807, 2.05) is 31.2 Å². The fourth-order valence-electron chi connectivity index (χ4n) is 3.33. The van der Waals surface area contributed by atoms with Crippen molar-refractivity contribution in [2.45, 2.75) is 33.2 Å². The number of aromatic nitrogens is 4. The van der Waals surface area contributed by atoms with Gasteiger partial charge >= 0.3 is 0 Å². The minimum atomic E-state index is -3.00. The van der Waals surface area contributed by atoms with E-state index in [4.69, 9.17) is 11.6 Å². The summed E-state index contributed by atoms with van der Waals surface area (Å²) in [4.78, 5) is 21.0. The predicted molar refractivity (Wildman–Crippen MR) is 119 cm³/mol. The lowest BCUT2D eigenvalue weighted by atomic mass is 10.1. The topological polar surface area (TPSA) is 72.7 Å². The molecule has 3 heterocycles. The van der Waals surface area contributed by atoms with Crippen LogP contribution in [0, 0.1) is 13.8 Å². The number of aryl methyl sites for hydroxylation is 2. The molecule has 0 atom stereocenters. The maximum Gasteiger partial charge on any atom is 0.286 e. The molecule has 4 aromatic rings. The number of carbonyl (C=O) groups excluding carboxylic acids is 1. The van der Waals surface area contributed by atoms with Gasteiger partial charge in [-0.05, 0) is 37.6 Å². The summed E-state index contributed by atoms with van der Waals surface area (Å²) in [5.74, 6) is -3.38. The Hall–Kier alpha value is -3.39. The van der Waals surface area contributed by atoms with E-state index in [1.54, 1.807) is 17.7 Å². The van der Waals surface area contributed by atoms with Crippen molar-refractivity contribution >= 4 is 34.2 Å². The van der Waals surface area contributed by atoms with E-state index < -0.39 is 5.92 Å². The van der Waals surface area contributed by atoms with E-state index in [-0.39, 0.29) is 28.7 Å². The SMILES string of the molecule is Cc1ccc(NC(=O)c2cnc3c(c(C)nn3Cc3ccc(C(C)(F)F)nc3)c2Cl)cc1. The maximum atomic E-state index is 13.4. The molecule has 0 unspecified atom stereocenters. The van der Waals surface area contributed by atoms with Gasteiger partial charge in [0.15, 0.2) is 5.65 Å². The average molecular weight is 456 g/mol. The Morgan fingerprint density at radius 3 is 2.44 bits per heavy atom. The Morgan fingerprint density at radius 1 is 1.09 bits per heavy atom. The summed E-state index contributed by atoms with van der Waals surface area (Å²) in [6.07, 6.45) is 2.80. The van der Waals surface area contributed by atoms with Gasteiger partial charge in [0.25, 0.3) is 11.8 Å². The van der Waals surface area contributed by atoms with Crippen LogP contribution < -0.4 is 5.32 Å². The molecule has 4 rings (SSSR count). The lowest BCUT2D eigenvalue weighted by Gasteiger charge is -2.10. The minimum absolute atomic E-state index is 0.235. The molecule has 164 valence electrons. The number of benzene rings is 1. The number of rotatable bonds is 5. The minimum Gasteiger partial charge on any atom is -0.322 e. The molecule has 0 aliphatic carbocycles. The number of halogens is 3. The zero-order valence-corrected chi connectivity index (χ0v) is 18.4. The molecule has 1 amide bonds. The first kappa shape index (κ1) is 21.8. The Labute approximate surface area is 188 Å². The van der Waals surface area contributed by atoms with E-state index in [2.05, 4.69) is 20.4 Å². The fraction of sp³-hybridized carbons (Fsp3) is 0.217. The smallest absolute Gasteiger partial charge is 0.286 e. The summed E-state index contributed by atoms with van der Waals surface area (Å²) in [6, 6.07) is 10.3. The third-order valence-corrected chi connectivity index (χ3v) is 5.43. The van der Waals surface area contributed by atoms with Gasteiger partial charge in [-0.15, -0.1) is 0 Å². The second kappa shape index (κ2) is 8.27. The number of carbonyl (C=O) groups is 1. The molecule has 0 saturated heterocycles. The normalized spacial score (nSPS) is 11.7. The van der Waals surface area contributed by atoms with Crippen molar-refractivity contribution in [2.24, 2.45) is 0 Å². The number of nitrogens with one attached hydrogen (secondary N) is 1. The highest BCUT2D eigenvalue weighted by atomic mass is 35.5. The van der Waals surface area contributed by atoms with Crippen molar-refractivity contribution in [3.8, 4) is 0 Å². The van der Waals surface area contributed by atoms with Gasteiger partial charge in [0.1, 0.15) is 5.69 Å². The summed E-state index contributed by atoms with van der Waals surface area (Å²) in [7, 11) is 0. The van der Waals surface area contributed by atoms with E-state index >= 15 is 0 Å². The van der Waals surface area contributed by atoms with Gasteiger partial charge in [-0.1, -0.05) is 35.4 Å². The van der Waals surface area contributed by atoms with Crippen LogP contribution in [-0.2, 0) is 12.5 Å². The molecule has 0 aliphatic heterocycles. The molecule has 6 nitrogen and oxygen atoms in total. The van der Waals surface area contributed by atoms with Gasteiger partial charge in [-0.3, -0.25) is 9.78 Å². The van der Waals surface area contributed by atoms with Crippen LogP contribution in [0.4, 0.5) is 14.5 Å². The molecule has 0 spiro atoms. The second-order valence-corrected chi connectivity index (χ2v) is 8.07. The van der Waals surface area contributed by atoms with Crippen LogP contribution >= 0.6 is 11.6 Å². The lowest BCUT2D eigenvalue weighted by Crippen LogP contribution is -2.13. The van der Waals surface area contributed by atoms with Crippen LogP contribution in [0.1, 0.15) is 39.8 Å². The third-order valence-electron chi connectivity index (χ3n) is 5.03. The number of anilines is 1. The standard InChI is InChI=1S/C23H20ClF2N5O/c1-13-4-7-16(8-5-13)29-22(32)17-11-28-21-19(20(17)24)14(2)30-31(21)12-15-6-9-18(27-10-15)23(3,25)26/h4-11H,12H2,1-3H3,(H,29,32). The molecule has 0 fully saturated rings. The van der Waals surface area contributed by atoms with Gasteiger partial charge in [-0.2, -0.15) is 13.9 Å². The van der Waals surface area contributed by atoms with E-state index in [0.717, 1.165) is 12.5 Å². The molecule has 0 aliphatic rings. The van der Waals surface area contributed by atoms with Crippen molar-refractivity contribution < 1.29 is 13.6 Å².